The number of rotatable bonds is 11. The van der Waals surface area contributed by atoms with Crippen molar-refractivity contribution < 1.29 is 14.2 Å². The number of imidazole rings is 1. The van der Waals surface area contributed by atoms with E-state index in [1.165, 1.54) is 25.7 Å². The Kier molecular flexibility index (Phi) is 8.63. The molecule has 0 radical (unpaired) electrons. The molecule has 0 aliphatic carbocycles. The van der Waals surface area contributed by atoms with Crippen LogP contribution in [0.15, 0.2) is 54.6 Å². The number of aromatic nitrogens is 2. The predicted octanol–water partition coefficient (Wildman–Crippen LogP) is 7.28. The molecule has 0 saturated carbocycles. The first kappa shape index (κ1) is 27.2. The van der Waals surface area contributed by atoms with Gasteiger partial charge in [-0.2, -0.15) is 0 Å². The van der Waals surface area contributed by atoms with E-state index in [-0.39, 0.29) is 0 Å². The number of nitrogens with zero attached hydrogens (tertiary/aromatic N) is 3. The van der Waals surface area contributed by atoms with Crippen LogP contribution in [-0.2, 0) is 0 Å². The van der Waals surface area contributed by atoms with Crippen molar-refractivity contribution in [2.75, 3.05) is 52.5 Å². The Labute approximate surface area is 244 Å². The normalized spacial score (nSPS) is 16.1. The average molecular weight is 582 g/mol. The zero-order valence-electron chi connectivity index (χ0n) is 22.5. The van der Waals surface area contributed by atoms with Crippen LogP contribution < -0.4 is 14.2 Å². The third-order valence-corrected chi connectivity index (χ3v) is 7.88. The summed E-state index contributed by atoms with van der Waals surface area (Å²) in [7, 11) is 0. The first-order valence-corrected chi connectivity index (χ1v) is 14.8. The van der Waals surface area contributed by atoms with E-state index in [1.807, 2.05) is 36.4 Å². The number of aromatic amines is 1. The quantitative estimate of drug-likeness (QED) is 0.201. The van der Waals surface area contributed by atoms with Gasteiger partial charge in [-0.05, 0) is 82.2 Å². The molecule has 0 atom stereocenters. The number of hydrogen-bond acceptors (Lipinski definition) is 6. The van der Waals surface area contributed by atoms with E-state index in [1.54, 1.807) is 18.2 Å². The van der Waals surface area contributed by atoms with Crippen LogP contribution in [0.1, 0.15) is 25.7 Å². The lowest BCUT2D eigenvalue weighted by molar-refractivity contribution is 0.231. The third-order valence-electron chi connectivity index (χ3n) is 7.44. The molecule has 0 spiro atoms. The molecule has 210 valence electrons. The first-order valence-electron chi connectivity index (χ1n) is 14.1. The second-order valence-corrected chi connectivity index (χ2v) is 11.3. The van der Waals surface area contributed by atoms with Crippen LogP contribution in [0, 0.1) is 0 Å². The number of halogens is 2. The van der Waals surface area contributed by atoms with E-state index in [2.05, 4.69) is 14.8 Å². The first-order chi connectivity index (χ1) is 19.6. The lowest BCUT2D eigenvalue weighted by Gasteiger charge is -2.17. The monoisotopic (exact) mass is 580 g/mol. The van der Waals surface area contributed by atoms with Crippen LogP contribution in [0.3, 0.4) is 0 Å². The largest absolute Gasteiger partial charge is 0.492 e. The summed E-state index contributed by atoms with van der Waals surface area (Å²) in [6.07, 6.45) is 5.08. The third kappa shape index (κ3) is 6.84. The summed E-state index contributed by atoms with van der Waals surface area (Å²) in [6.45, 7) is 7.70. The minimum Gasteiger partial charge on any atom is -0.492 e. The van der Waals surface area contributed by atoms with Crippen LogP contribution >= 0.6 is 23.2 Å². The fourth-order valence-corrected chi connectivity index (χ4v) is 5.92. The Morgan fingerprint density at radius 3 is 2.10 bits per heavy atom. The molecular weight excluding hydrogens is 547 g/mol. The Morgan fingerprint density at radius 2 is 1.40 bits per heavy atom. The van der Waals surface area contributed by atoms with Crippen molar-refractivity contribution in [3.05, 3.63) is 64.6 Å². The summed E-state index contributed by atoms with van der Waals surface area (Å²) in [5.41, 5.74) is 2.55. The molecule has 2 fully saturated rings. The molecule has 3 heterocycles. The molecule has 40 heavy (non-hydrogen) atoms. The molecular formula is C31H34Cl2N4O3. The van der Waals surface area contributed by atoms with Crippen LogP contribution in [0.4, 0.5) is 0 Å². The zero-order valence-corrected chi connectivity index (χ0v) is 24.0. The maximum Gasteiger partial charge on any atom is 0.150 e. The second kappa shape index (κ2) is 12.7. The molecule has 7 nitrogen and oxygen atoms in total. The van der Waals surface area contributed by atoms with Crippen molar-refractivity contribution in [3.63, 3.8) is 0 Å². The van der Waals surface area contributed by atoms with Gasteiger partial charge in [-0.3, -0.25) is 9.80 Å². The Hall–Kier alpha value is -2.97. The fraction of sp³-hybridized carbons (Fsp3) is 0.387. The van der Waals surface area contributed by atoms with Crippen LogP contribution in [0.25, 0.3) is 22.4 Å². The van der Waals surface area contributed by atoms with Gasteiger partial charge in [0, 0.05) is 40.8 Å². The van der Waals surface area contributed by atoms with Gasteiger partial charge in [-0.25, -0.2) is 4.98 Å². The highest BCUT2D eigenvalue weighted by molar-refractivity contribution is 6.34. The highest BCUT2D eigenvalue weighted by Gasteiger charge is 2.17. The van der Waals surface area contributed by atoms with E-state index in [0.717, 1.165) is 73.2 Å². The summed E-state index contributed by atoms with van der Waals surface area (Å²) in [5, 5.41) is 1.04. The van der Waals surface area contributed by atoms with Crippen molar-refractivity contribution in [2.45, 2.75) is 25.7 Å². The molecule has 1 N–H and O–H groups in total. The maximum absolute atomic E-state index is 6.31. The van der Waals surface area contributed by atoms with Crippen LogP contribution in [-0.4, -0.2) is 72.3 Å². The Morgan fingerprint density at radius 1 is 0.725 bits per heavy atom. The Bertz CT molecular complexity index is 1430. The van der Waals surface area contributed by atoms with E-state index < -0.39 is 0 Å². The molecule has 1 aromatic heterocycles. The lowest BCUT2D eigenvalue weighted by atomic mass is 10.2. The van der Waals surface area contributed by atoms with Gasteiger partial charge < -0.3 is 19.2 Å². The summed E-state index contributed by atoms with van der Waals surface area (Å²) in [6, 6.07) is 16.9. The summed E-state index contributed by atoms with van der Waals surface area (Å²) < 4.78 is 18.6. The number of nitrogens with one attached hydrogen (secondary N) is 1. The van der Waals surface area contributed by atoms with Crippen LogP contribution in [0.2, 0.25) is 10.0 Å². The number of fused-ring (bicyclic) bond motifs is 1. The number of H-pyrrole nitrogens is 1. The number of benzene rings is 3. The summed E-state index contributed by atoms with van der Waals surface area (Å²) in [4.78, 5) is 13.3. The van der Waals surface area contributed by atoms with Gasteiger partial charge in [-0.1, -0.05) is 35.3 Å². The van der Waals surface area contributed by atoms with Gasteiger partial charge in [0.2, 0.25) is 0 Å². The second-order valence-electron chi connectivity index (χ2n) is 10.4. The van der Waals surface area contributed by atoms with E-state index in [4.69, 9.17) is 42.4 Å². The van der Waals surface area contributed by atoms with E-state index in [0.29, 0.717) is 34.8 Å². The molecule has 0 unspecified atom stereocenters. The molecule has 2 saturated heterocycles. The van der Waals surface area contributed by atoms with Crippen molar-refractivity contribution in [3.8, 4) is 34.4 Å². The molecule has 4 aromatic rings. The average Bonchev–Trinajstić information content (AvgIpc) is 3.71. The molecule has 2 aliphatic rings. The van der Waals surface area contributed by atoms with Crippen molar-refractivity contribution in [1.82, 2.24) is 19.8 Å². The fourth-order valence-electron chi connectivity index (χ4n) is 5.41. The van der Waals surface area contributed by atoms with Crippen LogP contribution in [0.5, 0.6) is 23.0 Å². The lowest BCUT2D eigenvalue weighted by Crippen LogP contribution is -2.25. The van der Waals surface area contributed by atoms with Crippen molar-refractivity contribution in [2.24, 2.45) is 0 Å². The summed E-state index contributed by atoms with van der Waals surface area (Å²) >= 11 is 12.3. The molecule has 0 bridgehead atoms. The minimum atomic E-state index is 0.520. The molecule has 9 heteroatoms. The molecule has 0 amide bonds. The predicted molar refractivity (Wildman–Crippen MR) is 160 cm³/mol. The van der Waals surface area contributed by atoms with Gasteiger partial charge in [0.15, 0.2) is 5.75 Å². The SMILES string of the molecule is Clc1cc(Cl)cc(Oc2cccc(-c3nc4c(OCCN5CCCC5)cc(OCCN5CCCC5)cc4[nH]3)c2)c1. The van der Waals surface area contributed by atoms with Gasteiger partial charge in [0.1, 0.15) is 41.8 Å². The highest BCUT2D eigenvalue weighted by Crippen LogP contribution is 2.34. The van der Waals surface area contributed by atoms with Crippen molar-refractivity contribution >= 4 is 34.2 Å². The smallest absolute Gasteiger partial charge is 0.150 e. The number of ether oxygens (including phenoxy) is 3. The molecule has 2 aliphatic heterocycles. The standard InChI is InChI=1S/C31H34Cl2N4O3/c32-23-17-24(33)19-27(18-23)40-25-7-5-6-22(16-25)31-34-28-20-26(38-14-12-36-8-1-2-9-36)21-29(30(28)35-31)39-15-13-37-10-3-4-11-37/h5-7,16-21H,1-4,8-15H2,(H,34,35). The van der Waals surface area contributed by atoms with Gasteiger partial charge in [0.05, 0.1) is 5.52 Å². The number of hydrogen-bond donors (Lipinski definition) is 1. The van der Waals surface area contributed by atoms with Crippen molar-refractivity contribution in [1.29, 1.82) is 0 Å². The molecule has 6 rings (SSSR count). The van der Waals surface area contributed by atoms with E-state index in [9.17, 15) is 0 Å². The minimum absolute atomic E-state index is 0.520. The Balaban J connectivity index is 1.23. The summed E-state index contributed by atoms with van der Waals surface area (Å²) in [5.74, 6) is 3.47. The molecule has 3 aromatic carbocycles. The number of likely N-dealkylation sites (tertiary alicyclic amines) is 2. The van der Waals surface area contributed by atoms with Gasteiger partial charge in [-0.15, -0.1) is 0 Å². The maximum atomic E-state index is 6.31. The highest BCUT2D eigenvalue weighted by atomic mass is 35.5. The van der Waals surface area contributed by atoms with Gasteiger partial charge in [0.25, 0.3) is 0 Å². The van der Waals surface area contributed by atoms with E-state index >= 15 is 0 Å². The topological polar surface area (TPSA) is 62.9 Å². The zero-order chi connectivity index (χ0) is 27.3. The van der Waals surface area contributed by atoms with Gasteiger partial charge >= 0.3 is 0 Å².